The Hall–Kier alpha value is -0.770. The zero-order valence-electron chi connectivity index (χ0n) is 7.24. The first-order chi connectivity index (χ1) is 6.02. The van der Waals surface area contributed by atoms with Crippen LogP contribution in [0, 0.1) is 0 Å². The molecule has 0 aliphatic carbocycles. The highest BCUT2D eigenvalue weighted by Crippen LogP contribution is 2.27. The van der Waals surface area contributed by atoms with Crippen LogP contribution in [0.3, 0.4) is 0 Å². The molecule has 72 valence electrons. The van der Waals surface area contributed by atoms with Crippen molar-refractivity contribution in [1.82, 2.24) is 0 Å². The lowest BCUT2D eigenvalue weighted by molar-refractivity contribution is 0.164. The zero-order valence-corrected chi connectivity index (χ0v) is 7.99. The molecule has 0 bridgehead atoms. The van der Waals surface area contributed by atoms with Crippen molar-refractivity contribution in [1.29, 1.82) is 0 Å². The molecule has 1 aromatic rings. The number of hydrogen-bond acceptors (Lipinski definition) is 3. The second-order valence-corrected chi connectivity index (χ2v) is 3.38. The predicted octanol–water partition coefficient (Wildman–Crippen LogP) is 1.43. The van der Waals surface area contributed by atoms with Gasteiger partial charge in [-0.25, -0.2) is 0 Å². The van der Waals surface area contributed by atoms with Gasteiger partial charge >= 0.3 is 0 Å². The van der Waals surface area contributed by atoms with Gasteiger partial charge in [0.25, 0.3) is 0 Å². The summed E-state index contributed by atoms with van der Waals surface area (Å²) >= 11 is 5.83. The Bertz CT molecular complexity index is 302. The van der Waals surface area contributed by atoms with Gasteiger partial charge in [0.1, 0.15) is 5.75 Å². The minimum Gasteiger partial charge on any atom is -0.508 e. The molecular formula is C9H12ClNO2. The summed E-state index contributed by atoms with van der Waals surface area (Å²) in [5, 5.41) is 18.8. The van der Waals surface area contributed by atoms with Crippen LogP contribution in [-0.4, -0.2) is 16.3 Å². The second-order valence-electron chi connectivity index (χ2n) is 2.97. The van der Waals surface area contributed by atoms with Crippen molar-refractivity contribution in [3.63, 3.8) is 0 Å². The summed E-state index contributed by atoms with van der Waals surface area (Å²) in [4.78, 5) is 0. The monoisotopic (exact) mass is 201 g/mol. The van der Waals surface area contributed by atoms with E-state index in [0.29, 0.717) is 10.6 Å². The summed E-state index contributed by atoms with van der Waals surface area (Å²) in [5.41, 5.74) is 6.21. The molecule has 2 atom stereocenters. The topological polar surface area (TPSA) is 66.5 Å². The summed E-state index contributed by atoms with van der Waals surface area (Å²) in [6, 6.07) is 3.91. The smallest absolute Gasteiger partial charge is 0.116 e. The Balaban J connectivity index is 3.05. The van der Waals surface area contributed by atoms with E-state index < -0.39 is 12.1 Å². The third kappa shape index (κ3) is 2.34. The van der Waals surface area contributed by atoms with Crippen LogP contribution in [0.15, 0.2) is 18.2 Å². The number of phenols is 1. The highest BCUT2D eigenvalue weighted by molar-refractivity contribution is 6.31. The molecule has 13 heavy (non-hydrogen) atoms. The number of aromatic hydroxyl groups is 1. The van der Waals surface area contributed by atoms with Crippen LogP contribution in [0.25, 0.3) is 0 Å². The molecule has 4 heteroatoms. The minimum atomic E-state index is -0.695. The van der Waals surface area contributed by atoms with Crippen molar-refractivity contribution in [2.45, 2.75) is 19.1 Å². The maximum atomic E-state index is 9.22. The Morgan fingerprint density at radius 3 is 2.62 bits per heavy atom. The fourth-order valence-electron chi connectivity index (χ4n) is 1.05. The van der Waals surface area contributed by atoms with Gasteiger partial charge in [-0.3, -0.25) is 0 Å². The maximum absolute atomic E-state index is 9.22. The first kappa shape index (κ1) is 10.3. The van der Waals surface area contributed by atoms with E-state index in [-0.39, 0.29) is 5.75 Å². The first-order valence-electron chi connectivity index (χ1n) is 3.94. The second kappa shape index (κ2) is 3.96. The van der Waals surface area contributed by atoms with Crippen LogP contribution >= 0.6 is 11.6 Å². The Morgan fingerprint density at radius 2 is 2.08 bits per heavy atom. The number of benzene rings is 1. The van der Waals surface area contributed by atoms with Crippen molar-refractivity contribution < 1.29 is 10.2 Å². The van der Waals surface area contributed by atoms with E-state index in [1.165, 1.54) is 12.1 Å². The quantitative estimate of drug-likeness (QED) is 0.678. The molecule has 1 aromatic carbocycles. The number of aliphatic hydroxyl groups is 1. The van der Waals surface area contributed by atoms with Crippen LogP contribution in [0.5, 0.6) is 5.75 Å². The van der Waals surface area contributed by atoms with Gasteiger partial charge < -0.3 is 15.9 Å². The van der Waals surface area contributed by atoms with Gasteiger partial charge in [0, 0.05) is 5.02 Å². The van der Waals surface area contributed by atoms with E-state index in [4.69, 9.17) is 17.3 Å². The lowest BCUT2D eigenvalue weighted by Gasteiger charge is -2.16. The molecule has 0 fully saturated rings. The van der Waals surface area contributed by atoms with Crippen molar-refractivity contribution in [3.05, 3.63) is 28.8 Å². The fourth-order valence-corrected chi connectivity index (χ4v) is 1.29. The van der Waals surface area contributed by atoms with Crippen LogP contribution < -0.4 is 5.73 Å². The largest absolute Gasteiger partial charge is 0.508 e. The SMILES string of the molecule is C[C@H](O)[C@H](N)c1cc(O)ccc1Cl. The van der Waals surface area contributed by atoms with E-state index in [1.54, 1.807) is 13.0 Å². The molecule has 0 heterocycles. The van der Waals surface area contributed by atoms with Crippen molar-refractivity contribution >= 4 is 11.6 Å². The van der Waals surface area contributed by atoms with Gasteiger partial charge in [0.2, 0.25) is 0 Å². The third-order valence-electron chi connectivity index (χ3n) is 1.86. The molecule has 0 spiro atoms. The first-order valence-corrected chi connectivity index (χ1v) is 4.32. The minimum absolute atomic E-state index is 0.0931. The number of phenolic OH excluding ortho intramolecular Hbond substituents is 1. The van der Waals surface area contributed by atoms with E-state index in [0.717, 1.165) is 0 Å². The fraction of sp³-hybridized carbons (Fsp3) is 0.333. The normalized spacial score (nSPS) is 15.4. The molecular weight excluding hydrogens is 190 g/mol. The van der Waals surface area contributed by atoms with E-state index in [1.807, 2.05) is 0 Å². The molecule has 0 saturated carbocycles. The molecule has 0 amide bonds. The van der Waals surface area contributed by atoms with Crippen LogP contribution in [-0.2, 0) is 0 Å². The average molecular weight is 202 g/mol. The molecule has 0 aromatic heterocycles. The van der Waals surface area contributed by atoms with Gasteiger partial charge in [-0.05, 0) is 30.7 Å². The Kier molecular flexibility index (Phi) is 3.14. The summed E-state index contributed by atoms with van der Waals surface area (Å²) in [7, 11) is 0. The standard InChI is InChI=1S/C9H12ClNO2/c1-5(12)9(11)7-4-6(13)2-3-8(7)10/h2-5,9,12-13H,11H2,1H3/t5-,9-/m0/s1. The van der Waals surface area contributed by atoms with Gasteiger partial charge in [-0.1, -0.05) is 11.6 Å². The highest BCUT2D eigenvalue weighted by Gasteiger charge is 2.15. The molecule has 0 radical (unpaired) electrons. The number of halogens is 1. The Morgan fingerprint density at radius 1 is 1.46 bits per heavy atom. The molecule has 3 nitrogen and oxygen atoms in total. The van der Waals surface area contributed by atoms with Gasteiger partial charge in [-0.2, -0.15) is 0 Å². The summed E-state index contributed by atoms with van der Waals surface area (Å²) < 4.78 is 0. The molecule has 4 N–H and O–H groups in total. The summed E-state index contributed by atoms with van der Waals surface area (Å²) in [6.07, 6.45) is -0.695. The third-order valence-corrected chi connectivity index (χ3v) is 2.20. The van der Waals surface area contributed by atoms with Gasteiger partial charge in [0.05, 0.1) is 12.1 Å². The van der Waals surface area contributed by atoms with E-state index in [2.05, 4.69) is 0 Å². The number of aliphatic hydroxyl groups excluding tert-OH is 1. The predicted molar refractivity (Wildman–Crippen MR) is 51.7 cm³/mol. The number of nitrogens with two attached hydrogens (primary N) is 1. The summed E-state index contributed by atoms with van der Waals surface area (Å²) in [6.45, 7) is 1.57. The van der Waals surface area contributed by atoms with Crippen LogP contribution in [0.1, 0.15) is 18.5 Å². The van der Waals surface area contributed by atoms with Gasteiger partial charge in [0.15, 0.2) is 0 Å². The molecule has 0 aliphatic rings. The van der Waals surface area contributed by atoms with Crippen molar-refractivity contribution in [2.24, 2.45) is 5.73 Å². The zero-order chi connectivity index (χ0) is 10.0. The lowest BCUT2D eigenvalue weighted by Crippen LogP contribution is -2.23. The lowest BCUT2D eigenvalue weighted by atomic mass is 10.0. The highest BCUT2D eigenvalue weighted by atomic mass is 35.5. The van der Waals surface area contributed by atoms with Crippen molar-refractivity contribution in [3.8, 4) is 5.75 Å². The average Bonchev–Trinajstić information content (AvgIpc) is 2.08. The number of hydrogen-bond donors (Lipinski definition) is 3. The maximum Gasteiger partial charge on any atom is 0.116 e. The molecule has 0 saturated heterocycles. The number of rotatable bonds is 2. The van der Waals surface area contributed by atoms with Gasteiger partial charge in [-0.15, -0.1) is 0 Å². The molecule has 0 unspecified atom stereocenters. The van der Waals surface area contributed by atoms with E-state index in [9.17, 15) is 10.2 Å². The van der Waals surface area contributed by atoms with Crippen molar-refractivity contribution in [2.75, 3.05) is 0 Å². The summed E-state index contributed by atoms with van der Waals surface area (Å²) in [5.74, 6) is 0.0931. The van der Waals surface area contributed by atoms with Crippen LogP contribution in [0.2, 0.25) is 5.02 Å². The van der Waals surface area contributed by atoms with Crippen LogP contribution in [0.4, 0.5) is 0 Å². The molecule has 0 aliphatic heterocycles. The molecule has 1 rings (SSSR count). The van der Waals surface area contributed by atoms with E-state index >= 15 is 0 Å². The Labute approximate surface area is 81.8 Å².